The molecule has 0 aliphatic carbocycles. The first-order valence-electron chi connectivity index (χ1n) is 11.8. The van der Waals surface area contributed by atoms with Gasteiger partial charge in [-0.25, -0.2) is 32.7 Å². The molecule has 11 nitrogen and oxygen atoms in total. The second-order valence-corrected chi connectivity index (χ2v) is 9.76. The number of carbonyl (C=O) groups excluding carboxylic acids is 2. The van der Waals surface area contributed by atoms with Gasteiger partial charge in [0.05, 0.1) is 11.9 Å². The third-order valence-electron chi connectivity index (χ3n) is 5.64. The predicted molar refractivity (Wildman–Crippen MR) is 126 cm³/mol. The van der Waals surface area contributed by atoms with Crippen molar-refractivity contribution < 1.29 is 46.6 Å². The number of aromatic nitrogens is 5. The van der Waals surface area contributed by atoms with Gasteiger partial charge in [-0.2, -0.15) is 4.57 Å². The lowest BCUT2D eigenvalue weighted by Gasteiger charge is -2.32. The highest BCUT2D eigenvalue weighted by molar-refractivity contribution is 5.74. The number of aliphatic hydroxyl groups is 1. The fourth-order valence-electron chi connectivity index (χ4n) is 3.74. The second kappa shape index (κ2) is 11.8. The lowest BCUT2D eigenvalue weighted by Crippen LogP contribution is -2.41. The minimum absolute atomic E-state index is 0.194. The monoisotopic (exact) mass is 552 g/mol. The van der Waals surface area contributed by atoms with Gasteiger partial charge in [0.25, 0.3) is 6.33 Å². The van der Waals surface area contributed by atoms with E-state index < -0.39 is 66.1 Å². The lowest BCUT2D eigenvalue weighted by molar-refractivity contribution is -0.754. The summed E-state index contributed by atoms with van der Waals surface area (Å²) in [6.07, 6.45) is 2.45. The quantitative estimate of drug-likeness (QED) is 0.314. The van der Waals surface area contributed by atoms with E-state index in [0.29, 0.717) is 6.07 Å². The van der Waals surface area contributed by atoms with Crippen LogP contribution in [0, 0.1) is 17.5 Å². The standard InChI is InChI=1S/C25H29F3N5O6/c1-15(22-20(28)9-29-12-30-22)25(36,18-7-6-17(26)8-19(18)27)11-33-14-32(13-31-33)16(2)38-23(35)37-10-21(34)39-24(3,4)5/h6-9,12-16,36H,10-11H2,1-5H3/q+1/t15-,16?,25+/m0/s1. The van der Waals surface area contributed by atoms with E-state index in [0.717, 1.165) is 24.7 Å². The molecule has 0 fully saturated rings. The topological polar surface area (TPSA) is 130 Å². The highest BCUT2D eigenvalue weighted by Gasteiger charge is 2.43. The summed E-state index contributed by atoms with van der Waals surface area (Å²) >= 11 is 0. The van der Waals surface area contributed by atoms with Crippen LogP contribution >= 0.6 is 0 Å². The SMILES string of the molecule is CC(OC(=O)OCC(=O)OC(C)(C)C)[n+]1cnn(C[C@](O)(c2ccc(F)cc2F)[C@@H](C)c2ncncc2F)c1. The van der Waals surface area contributed by atoms with Crippen molar-refractivity contribution in [3.05, 3.63) is 72.1 Å². The largest absolute Gasteiger partial charge is 0.511 e. The Morgan fingerprint density at radius 1 is 1.15 bits per heavy atom. The van der Waals surface area contributed by atoms with Gasteiger partial charge in [0.1, 0.15) is 35.7 Å². The number of benzene rings is 1. The van der Waals surface area contributed by atoms with Gasteiger partial charge in [-0.15, -0.1) is 4.68 Å². The van der Waals surface area contributed by atoms with Crippen molar-refractivity contribution in [2.75, 3.05) is 6.61 Å². The summed E-state index contributed by atoms with van der Waals surface area (Å²) in [7, 11) is 0. The van der Waals surface area contributed by atoms with E-state index in [1.54, 1.807) is 20.8 Å². The van der Waals surface area contributed by atoms with Crippen LogP contribution in [0.3, 0.4) is 0 Å². The highest BCUT2D eigenvalue weighted by atomic mass is 19.1. The van der Waals surface area contributed by atoms with E-state index in [-0.39, 0.29) is 11.3 Å². The fraction of sp³-hybridized carbons (Fsp3) is 0.440. The molecule has 3 atom stereocenters. The lowest BCUT2D eigenvalue weighted by atomic mass is 9.79. The van der Waals surface area contributed by atoms with Crippen LogP contribution in [-0.2, 0) is 31.2 Å². The normalized spacial score (nSPS) is 14.7. The number of hydrogen-bond donors (Lipinski definition) is 1. The summed E-state index contributed by atoms with van der Waals surface area (Å²) in [6.45, 7) is 6.81. The number of ether oxygens (including phenoxy) is 3. The van der Waals surface area contributed by atoms with Gasteiger partial charge in [-0.3, -0.25) is 0 Å². The van der Waals surface area contributed by atoms with Gasteiger partial charge < -0.3 is 19.3 Å². The first-order chi connectivity index (χ1) is 18.2. The Bertz CT molecular complexity index is 1330. The number of nitrogens with zero attached hydrogens (tertiary/aromatic N) is 5. The molecular formula is C25H29F3N5O6+. The Morgan fingerprint density at radius 2 is 1.87 bits per heavy atom. The molecule has 2 aromatic heterocycles. The molecule has 0 bridgehead atoms. The van der Waals surface area contributed by atoms with E-state index >= 15 is 0 Å². The van der Waals surface area contributed by atoms with Crippen molar-refractivity contribution in [1.82, 2.24) is 19.7 Å². The predicted octanol–water partition coefficient (Wildman–Crippen LogP) is 3.08. The minimum atomic E-state index is -2.16. The number of rotatable bonds is 9. The summed E-state index contributed by atoms with van der Waals surface area (Å²) < 4.78 is 60.4. The molecular weight excluding hydrogens is 523 g/mol. The van der Waals surface area contributed by atoms with Crippen molar-refractivity contribution >= 4 is 12.1 Å². The van der Waals surface area contributed by atoms with Gasteiger partial charge >= 0.3 is 12.1 Å². The van der Waals surface area contributed by atoms with Gasteiger partial charge in [0.2, 0.25) is 12.6 Å². The molecule has 0 radical (unpaired) electrons. The molecule has 39 heavy (non-hydrogen) atoms. The van der Waals surface area contributed by atoms with Crippen LogP contribution in [-0.4, -0.2) is 49.2 Å². The Labute approximate surface area is 222 Å². The Kier molecular flexibility index (Phi) is 8.89. The molecule has 0 aliphatic rings. The van der Waals surface area contributed by atoms with E-state index in [2.05, 4.69) is 15.1 Å². The molecule has 210 valence electrons. The number of esters is 1. The second-order valence-electron chi connectivity index (χ2n) is 9.76. The van der Waals surface area contributed by atoms with Gasteiger partial charge in [0.15, 0.2) is 12.4 Å². The van der Waals surface area contributed by atoms with Crippen LogP contribution in [0.2, 0.25) is 0 Å². The van der Waals surface area contributed by atoms with Crippen LogP contribution in [0.1, 0.15) is 58.0 Å². The zero-order valence-electron chi connectivity index (χ0n) is 22.0. The Hall–Kier alpha value is -4.07. The van der Waals surface area contributed by atoms with Crippen LogP contribution < -0.4 is 4.57 Å². The van der Waals surface area contributed by atoms with Crippen LogP contribution in [0.15, 0.2) is 43.4 Å². The smallest absolute Gasteiger partial charge is 0.457 e. The third kappa shape index (κ3) is 7.50. The molecule has 0 aliphatic heterocycles. The zero-order chi connectivity index (χ0) is 29.0. The summed E-state index contributed by atoms with van der Waals surface area (Å²) in [5.41, 5.74) is -3.42. The van der Waals surface area contributed by atoms with E-state index in [1.807, 2.05) is 0 Å². The summed E-state index contributed by atoms with van der Waals surface area (Å²) in [6, 6.07) is 2.63. The van der Waals surface area contributed by atoms with Crippen molar-refractivity contribution in [1.29, 1.82) is 0 Å². The van der Waals surface area contributed by atoms with E-state index in [4.69, 9.17) is 14.2 Å². The molecule has 0 saturated carbocycles. The maximum atomic E-state index is 14.9. The fourth-order valence-corrected chi connectivity index (χ4v) is 3.74. The molecule has 1 unspecified atom stereocenters. The molecule has 1 aromatic carbocycles. The summed E-state index contributed by atoms with van der Waals surface area (Å²) in [5, 5.41) is 15.8. The number of carbonyl (C=O) groups is 2. The molecule has 0 amide bonds. The minimum Gasteiger partial charge on any atom is -0.457 e. The first-order valence-corrected chi connectivity index (χ1v) is 11.8. The van der Waals surface area contributed by atoms with Crippen molar-refractivity contribution in [2.24, 2.45) is 0 Å². The van der Waals surface area contributed by atoms with Crippen molar-refractivity contribution in [3.63, 3.8) is 0 Å². The van der Waals surface area contributed by atoms with Crippen LogP contribution in [0.5, 0.6) is 0 Å². The van der Waals surface area contributed by atoms with Crippen molar-refractivity contribution in [2.45, 2.75) is 64.5 Å². The molecule has 3 aromatic rings. The number of halogens is 3. The average Bonchev–Trinajstić information content (AvgIpc) is 3.30. The summed E-state index contributed by atoms with van der Waals surface area (Å²) in [5.74, 6) is -4.64. The van der Waals surface area contributed by atoms with Crippen LogP contribution in [0.25, 0.3) is 0 Å². The Balaban J connectivity index is 1.79. The molecule has 1 N–H and O–H groups in total. The van der Waals surface area contributed by atoms with Gasteiger partial charge in [0, 0.05) is 29.6 Å². The molecule has 3 rings (SSSR count). The average molecular weight is 553 g/mol. The molecule has 0 saturated heterocycles. The molecule has 0 spiro atoms. The molecule has 14 heteroatoms. The first kappa shape index (κ1) is 29.5. The van der Waals surface area contributed by atoms with Gasteiger partial charge in [-0.05, 0) is 26.8 Å². The van der Waals surface area contributed by atoms with Gasteiger partial charge in [-0.1, -0.05) is 13.0 Å². The maximum absolute atomic E-state index is 14.9. The van der Waals surface area contributed by atoms with E-state index in [1.165, 1.54) is 35.8 Å². The molecule has 2 heterocycles. The van der Waals surface area contributed by atoms with Crippen LogP contribution in [0.4, 0.5) is 18.0 Å². The van der Waals surface area contributed by atoms with E-state index in [9.17, 15) is 27.9 Å². The number of hydrogen-bond acceptors (Lipinski definition) is 9. The maximum Gasteiger partial charge on any atom is 0.511 e. The Morgan fingerprint density at radius 3 is 2.51 bits per heavy atom. The third-order valence-corrected chi connectivity index (χ3v) is 5.64. The van der Waals surface area contributed by atoms with Crippen molar-refractivity contribution in [3.8, 4) is 0 Å². The highest BCUT2D eigenvalue weighted by Crippen LogP contribution is 2.39. The zero-order valence-corrected chi connectivity index (χ0v) is 22.0. The summed E-state index contributed by atoms with van der Waals surface area (Å²) in [4.78, 5) is 31.2.